The number of carbonyl (C=O) groups is 2. The fraction of sp³-hybridized carbons (Fsp3) is 0.333. The van der Waals surface area contributed by atoms with E-state index >= 15 is 0 Å². The maximum absolute atomic E-state index is 11.5. The standard InChI is InChI=1S/C12H12N4O3/c1-2-8-7(6-14-4-3-13)5-9(19-8)10-11(17)16-12(18)15-10/h5-6,10H,2,4H2,1H3,(H2,15,16,17,18). The minimum atomic E-state index is -0.809. The predicted octanol–water partition coefficient (Wildman–Crippen LogP) is 0.665. The van der Waals surface area contributed by atoms with Gasteiger partial charge in [-0.25, -0.2) is 4.79 Å². The molecule has 1 atom stereocenters. The van der Waals surface area contributed by atoms with Crippen LogP contribution in [0.1, 0.15) is 30.0 Å². The smallest absolute Gasteiger partial charge is 0.322 e. The molecule has 1 fully saturated rings. The summed E-state index contributed by atoms with van der Waals surface area (Å²) in [6.45, 7) is 1.96. The molecule has 2 rings (SSSR count). The summed E-state index contributed by atoms with van der Waals surface area (Å²) in [7, 11) is 0. The number of nitrogens with one attached hydrogen (secondary N) is 2. The molecule has 0 spiro atoms. The van der Waals surface area contributed by atoms with Crippen LogP contribution in [-0.4, -0.2) is 24.7 Å². The van der Waals surface area contributed by atoms with Gasteiger partial charge in [-0.15, -0.1) is 0 Å². The van der Waals surface area contributed by atoms with E-state index in [1.54, 1.807) is 6.07 Å². The molecule has 0 aliphatic carbocycles. The average Bonchev–Trinajstić information content (AvgIpc) is 2.93. The molecular weight excluding hydrogens is 248 g/mol. The van der Waals surface area contributed by atoms with Crippen molar-refractivity contribution in [3.8, 4) is 6.07 Å². The summed E-state index contributed by atoms with van der Waals surface area (Å²) in [5.41, 5.74) is 0.710. The zero-order valence-electron chi connectivity index (χ0n) is 10.3. The second kappa shape index (κ2) is 5.35. The quantitative estimate of drug-likeness (QED) is 0.471. The Hall–Kier alpha value is -2.62. The summed E-state index contributed by atoms with van der Waals surface area (Å²) >= 11 is 0. The lowest BCUT2D eigenvalue weighted by atomic mass is 10.2. The molecule has 0 saturated carbocycles. The lowest BCUT2D eigenvalue weighted by Crippen LogP contribution is -2.22. The molecule has 7 heteroatoms. The highest BCUT2D eigenvalue weighted by Gasteiger charge is 2.33. The Kier molecular flexibility index (Phi) is 3.61. The summed E-state index contributed by atoms with van der Waals surface area (Å²) < 4.78 is 5.55. The predicted molar refractivity (Wildman–Crippen MR) is 65.6 cm³/mol. The van der Waals surface area contributed by atoms with Crippen molar-refractivity contribution in [2.45, 2.75) is 19.4 Å². The van der Waals surface area contributed by atoms with E-state index in [2.05, 4.69) is 15.6 Å². The van der Waals surface area contributed by atoms with Crippen LogP contribution in [0.4, 0.5) is 4.79 Å². The van der Waals surface area contributed by atoms with Gasteiger partial charge in [0.1, 0.15) is 18.1 Å². The molecule has 98 valence electrons. The molecule has 0 aromatic carbocycles. The zero-order valence-corrected chi connectivity index (χ0v) is 10.3. The number of nitriles is 1. The summed E-state index contributed by atoms with van der Waals surface area (Å²) in [6.07, 6.45) is 2.15. The Morgan fingerprint density at radius 1 is 1.58 bits per heavy atom. The van der Waals surface area contributed by atoms with Gasteiger partial charge in [0, 0.05) is 18.2 Å². The summed E-state index contributed by atoms with van der Waals surface area (Å²) in [6, 6.07) is 2.20. The number of carbonyl (C=O) groups excluding carboxylic acids is 2. The molecular formula is C12H12N4O3. The van der Waals surface area contributed by atoms with E-state index in [4.69, 9.17) is 9.68 Å². The molecule has 7 nitrogen and oxygen atoms in total. The highest BCUT2D eigenvalue weighted by Crippen LogP contribution is 2.23. The van der Waals surface area contributed by atoms with Gasteiger partial charge in [0.25, 0.3) is 5.91 Å². The number of nitrogens with zero attached hydrogens (tertiary/aromatic N) is 2. The topological polar surface area (TPSA) is 107 Å². The lowest BCUT2D eigenvalue weighted by Gasteiger charge is -2.01. The number of aryl methyl sites for hydroxylation is 1. The first kappa shape index (κ1) is 12.8. The van der Waals surface area contributed by atoms with Crippen LogP contribution in [0.2, 0.25) is 0 Å². The molecule has 3 amide bonds. The number of aliphatic imine (C=N–C) groups is 1. The first-order valence-corrected chi connectivity index (χ1v) is 5.76. The highest BCUT2D eigenvalue weighted by atomic mass is 16.3. The van der Waals surface area contributed by atoms with Gasteiger partial charge in [-0.3, -0.25) is 15.1 Å². The molecule has 1 aliphatic rings. The van der Waals surface area contributed by atoms with Gasteiger partial charge in [0.05, 0.1) is 6.07 Å². The Bertz CT molecular complexity index is 582. The number of imide groups is 1. The minimum absolute atomic E-state index is 0.0598. The van der Waals surface area contributed by atoms with Crippen molar-refractivity contribution in [2.24, 2.45) is 4.99 Å². The van der Waals surface area contributed by atoms with Gasteiger partial charge >= 0.3 is 6.03 Å². The van der Waals surface area contributed by atoms with Gasteiger partial charge < -0.3 is 9.73 Å². The third-order valence-corrected chi connectivity index (χ3v) is 2.63. The van der Waals surface area contributed by atoms with Crippen molar-refractivity contribution in [1.29, 1.82) is 5.26 Å². The minimum Gasteiger partial charge on any atom is -0.463 e. The highest BCUT2D eigenvalue weighted by molar-refractivity contribution is 6.04. The number of furan rings is 1. The van der Waals surface area contributed by atoms with Gasteiger partial charge in [0.2, 0.25) is 0 Å². The number of hydrogen-bond donors (Lipinski definition) is 2. The third-order valence-electron chi connectivity index (χ3n) is 2.63. The van der Waals surface area contributed by atoms with Crippen LogP contribution < -0.4 is 10.6 Å². The molecule has 2 N–H and O–H groups in total. The Morgan fingerprint density at radius 2 is 2.37 bits per heavy atom. The number of amides is 3. The van der Waals surface area contributed by atoms with Crippen LogP contribution in [0.3, 0.4) is 0 Å². The molecule has 1 aromatic rings. The van der Waals surface area contributed by atoms with Crippen LogP contribution >= 0.6 is 0 Å². The summed E-state index contributed by atoms with van der Waals surface area (Å²) in [4.78, 5) is 26.5. The summed E-state index contributed by atoms with van der Waals surface area (Å²) in [5.74, 6) is 0.575. The number of urea groups is 1. The fourth-order valence-electron chi connectivity index (χ4n) is 1.79. The molecule has 1 unspecified atom stereocenters. The van der Waals surface area contributed by atoms with Crippen molar-refractivity contribution >= 4 is 18.2 Å². The lowest BCUT2D eigenvalue weighted by molar-refractivity contribution is -0.120. The van der Waals surface area contributed by atoms with Crippen LogP contribution in [0.25, 0.3) is 0 Å². The van der Waals surface area contributed by atoms with Gasteiger partial charge in [-0.1, -0.05) is 6.92 Å². The number of hydrogen-bond acceptors (Lipinski definition) is 5. The Morgan fingerprint density at radius 3 is 2.95 bits per heavy atom. The van der Waals surface area contributed by atoms with Gasteiger partial charge in [-0.05, 0) is 6.07 Å². The van der Waals surface area contributed by atoms with E-state index in [1.165, 1.54) is 6.21 Å². The first-order valence-electron chi connectivity index (χ1n) is 5.76. The van der Waals surface area contributed by atoms with Crippen LogP contribution in [0.5, 0.6) is 0 Å². The molecule has 2 heterocycles. The van der Waals surface area contributed by atoms with E-state index < -0.39 is 18.0 Å². The first-order chi connectivity index (χ1) is 9.15. The number of rotatable bonds is 4. The SMILES string of the molecule is CCc1oc(C2NC(=O)NC2=O)cc1C=NCC#N. The van der Waals surface area contributed by atoms with Crippen molar-refractivity contribution in [1.82, 2.24) is 10.6 Å². The Balaban J connectivity index is 2.26. The van der Waals surface area contributed by atoms with Crippen molar-refractivity contribution in [2.75, 3.05) is 6.54 Å². The maximum Gasteiger partial charge on any atom is 0.322 e. The van der Waals surface area contributed by atoms with Crippen molar-refractivity contribution in [3.63, 3.8) is 0 Å². The van der Waals surface area contributed by atoms with Crippen molar-refractivity contribution < 1.29 is 14.0 Å². The third kappa shape index (κ3) is 2.63. The molecule has 1 aliphatic heterocycles. The zero-order chi connectivity index (χ0) is 13.8. The molecule has 0 radical (unpaired) electrons. The van der Waals surface area contributed by atoms with Crippen LogP contribution in [0, 0.1) is 11.3 Å². The summed E-state index contributed by atoms with van der Waals surface area (Å²) in [5, 5.41) is 13.0. The van der Waals surface area contributed by atoms with E-state index in [9.17, 15) is 9.59 Å². The van der Waals surface area contributed by atoms with E-state index in [0.717, 1.165) is 0 Å². The van der Waals surface area contributed by atoms with Gasteiger partial charge in [0.15, 0.2) is 6.04 Å². The molecule has 1 saturated heterocycles. The van der Waals surface area contributed by atoms with E-state index in [1.807, 2.05) is 13.0 Å². The van der Waals surface area contributed by atoms with Crippen molar-refractivity contribution in [3.05, 3.63) is 23.2 Å². The average molecular weight is 260 g/mol. The normalized spacial score (nSPS) is 18.4. The molecule has 1 aromatic heterocycles. The van der Waals surface area contributed by atoms with Crippen LogP contribution in [-0.2, 0) is 11.2 Å². The van der Waals surface area contributed by atoms with Crippen LogP contribution in [0.15, 0.2) is 15.5 Å². The second-order valence-corrected chi connectivity index (χ2v) is 3.90. The maximum atomic E-state index is 11.5. The van der Waals surface area contributed by atoms with E-state index in [0.29, 0.717) is 23.5 Å². The molecule has 19 heavy (non-hydrogen) atoms. The largest absolute Gasteiger partial charge is 0.463 e. The monoisotopic (exact) mass is 260 g/mol. The molecule has 0 bridgehead atoms. The van der Waals surface area contributed by atoms with Gasteiger partial charge in [-0.2, -0.15) is 5.26 Å². The second-order valence-electron chi connectivity index (χ2n) is 3.90. The Labute approximate surface area is 109 Å². The fourth-order valence-corrected chi connectivity index (χ4v) is 1.79. The van der Waals surface area contributed by atoms with E-state index in [-0.39, 0.29) is 6.54 Å².